The van der Waals surface area contributed by atoms with Crippen LogP contribution in [0, 0.1) is 0 Å². The molecule has 4 aromatic rings. The second kappa shape index (κ2) is 9.49. The summed E-state index contributed by atoms with van der Waals surface area (Å²) in [6, 6.07) is 22.4. The van der Waals surface area contributed by atoms with E-state index in [4.69, 9.17) is 10.8 Å². The van der Waals surface area contributed by atoms with Gasteiger partial charge < -0.3 is 9.98 Å². The van der Waals surface area contributed by atoms with Crippen LogP contribution in [-0.2, 0) is 11.4 Å². The SMILES string of the molecule is C[C@@H](N[S@+]([O-])C(C)(C)C)c1ccc(-c2nc3ccnc(NN)c3cc2-c2ccccc2)cc1. The lowest BCUT2D eigenvalue weighted by atomic mass is 9.96. The summed E-state index contributed by atoms with van der Waals surface area (Å²) in [4.78, 5) is 9.31. The minimum Gasteiger partial charge on any atom is -0.598 e. The molecule has 0 aliphatic rings. The van der Waals surface area contributed by atoms with Crippen molar-refractivity contribution in [2.75, 3.05) is 5.43 Å². The molecule has 0 radical (unpaired) electrons. The molecule has 33 heavy (non-hydrogen) atoms. The number of hydrogen-bond acceptors (Lipinski definition) is 6. The van der Waals surface area contributed by atoms with E-state index in [1.165, 1.54) is 0 Å². The van der Waals surface area contributed by atoms with Gasteiger partial charge in [-0.15, -0.1) is 4.72 Å². The first-order valence-corrected chi connectivity index (χ1v) is 12.0. The van der Waals surface area contributed by atoms with Gasteiger partial charge in [0, 0.05) is 34.1 Å². The average Bonchev–Trinajstić information content (AvgIpc) is 2.82. The van der Waals surface area contributed by atoms with Gasteiger partial charge in [-0.1, -0.05) is 54.6 Å². The molecule has 2 heterocycles. The van der Waals surface area contributed by atoms with E-state index in [9.17, 15) is 4.55 Å². The zero-order valence-corrected chi connectivity index (χ0v) is 20.1. The summed E-state index contributed by atoms with van der Waals surface area (Å²) in [5, 5.41) is 0.863. The molecule has 170 valence electrons. The average molecular weight is 460 g/mol. The van der Waals surface area contributed by atoms with Gasteiger partial charge in [0.2, 0.25) is 0 Å². The Labute approximate surface area is 197 Å². The van der Waals surface area contributed by atoms with E-state index in [-0.39, 0.29) is 10.8 Å². The molecular formula is C26H29N5OS. The molecule has 0 saturated carbocycles. The second-order valence-corrected chi connectivity index (χ2v) is 11.0. The molecule has 0 fully saturated rings. The van der Waals surface area contributed by atoms with Gasteiger partial charge in [-0.2, -0.15) is 0 Å². The van der Waals surface area contributed by atoms with Gasteiger partial charge in [0.1, 0.15) is 10.6 Å². The van der Waals surface area contributed by atoms with Crippen LogP contribution in [0.3, 0.4) is 0 Å². The summed E-state index contributed by atoms with van der Waals surface area (Å²) in [6.45, 7) is 7.91. The molecule has 0 bridgehead atoms. The molecule has 2 atom stereocenters. The first kappa shape index (κ1) is 23.2. The summed E-state index contributed by atoms with van der Waals surface area (Å²) in [6.07, 6.45) is 1.70. The standard InChI is InChI=1S/C26H29N5OS/c1-17(31-33(32)26(2,3)4)18-10-12-20(13-11-18)24-21(19-8-6-5-7-9-19)16-22-23(29-24)14-15-28-25(22)30-27/h5-17,31H,27H2,1-4H3,(H,28,30)/t17-,33-/m1/s1. The van der Waals surface area contributed by atoms with Crippen LogP contribution in [-0.4, -0.2) is 19.3 Å². The van der Waals surface area contributed by atoms with Gasteiger partial charge in [-0.05, 0) is 51.0 Å². The number of nitrogens with one attached hydrogen (secondary N) is 2. The van der Waals surface area contributed by atoms with Crippen molar-refractivity contribution < 1.29 is 4.55 Å². The molecule has 2 aromatic heterocycles. The fraction of sp³-hybridized carbons (Fsp3) is 0.231. The minimum atomic E-state index is -1.14. The van der Waals surface area contributed by atoms with Gasteiger partial charge >= 0.3 is 0 Å². The number of fused-ring (bicyclic) bond motifs is 1. The Hall–Kier alpha value is -2.97. The van der Waals surface area contributed by atoms with E-state index >= 15 is 0 Å². The molecule has 6 nitrogen and oxygen atoms in total. The van der Waals surface area contributed by atoms with E-state index in [0.29, 0.717) is 5.82 Å². The van der Waals surface area contributed by atoms with Crippen molar-refractivity contribution in [1.82, 2.24) is 14.7 Å². The highest BCUT2D eigenvalue weighted by molar-refractivity contribution is 7.90. The zero-order chi connectivity index (χ0) is 23.6. The molecular weight excluding hydrogens is 430 g/mol. The summed E-state index contributed by atoms with van der Waals surface area (Å²) < 4.78 is 15.4. The van der Waals surface area contributed by atoms with Crippen molar-refractivity contribution in [2.45, 2.75) is 38.5 Å². The van der Waals surface area contributed by atoms with Crippen LogP contribution in [0.4, 0.5) is 5.82 Å². The number of hydrazine groups is 1. The highest BCUT2D eigenvalue weighted by Gasteiger charge is 2.28. The maximum atomic E-state index is 12.5. The van der Waals surface area contributed by atoms with Crippen LogP contribution in [0.5, 0.6) is 0 Å². The number of nitrogens with two attached hydrogens (primary N) is 1. The monoisotopic (exact) mass is 459 g/mol. The highest BCUT2D eigenvalue weighted by Crippen LogP contribution is 2.35. The molecule has 0 unspecified atom stereocenters. The number of pyridine rings is 2. The van der Waals surface area contributed by atoms with E-state index < -0.39 is 11.4 Å². The third-order valence-electron chi connectivity index (χ3n) is 5.49. The Balaban J connectivity index is 1.76. The minimum absolute atomic E-state index is 0.0403. The number of hydrogen-bond donors (Lipinski definition) is 3. The Kier molecular flexibility index (Phi) is 6.67. The predicted octanol–water partition coefficient (Wildman–Crippen LogP) is 5.36. The largest absolute Gasteiger partial charge is 0.598 e. The molecule has 0 saturated heterocycles. The predicted molar refractivity (Wildman–Crippen MR) is 138 cm³/mol. The Bertz CT molecular complexity index is 1240. The maximum Gasteiger partial charge on any atom is 0.149 e. The van der Waals surface area contributed by atoms with Crippen LogP contribution in [0.15, 0.2) is 72.9 Å². The van der Waals surface area contributed by atoms with Crippen molar-refractivity contribution in [2.24, 2.45) is 5.84 Å². The lowest BCUT2D eigenvalue weighted by Crippen LogP contribution is -2.40. The van der Waals surface area contributed by atoms with Crippen LogP contribution >= 0.6 is 0 Å². The first-order chi connectivity index (χ1) is 15.8. The number of nitrogen functional groups attached to an aromatic ring is 1. The fourth-order valence-corrected chi connectivity index (χ4v) is 4.41. The summed E-state index contributed by atoms with van der Waals surface area (Å²) in [7, 11) is 0. The van der Waals surface area contributed by atoms with Gasteiger partial charge in [0.05, 0.1) is 17.3 Å². The molecule has 0 amide bonds. The fourth-order valence-electron chi connectivity index (χ4n) is 3.60. The van der Waals surface area contributed by atoms with Crippen LogP contribution in [0.25, 0.3) is 33.3 Å². The number of aromatic nitrogens is 2. The third-order valence-corrected chi connectivity index (χ3v) is 7.17. The number of nitrogens with zero attached hydrogens (tertiary/aromatic N) is 2. The van der Waals surface area contributed by atoms with E-state index in [0.717, 1.165) is 38.9 Å². The number of anilines is 1. The summed E-state index contributed by atoms with van der Waals surface area (Å²) >= 11 is -1.14. The second-order valence-electron chi connectivity index (χ2n) is 8.96. The van der Waals surface area contributed by atoms with Crippen molar-refractivity contribution in [3.05, 3.63) is 78.5 Å². The first-order valence-electron chi connectivity index (χ1n) is 10.9. The zero-order valence-electron chi connectivity index (χ0n) is 19.3. The lowest BCUT2D eigenvalue weighted by molar-refractivity contribution is 0.531. The van der Waals surface area contributed by atoms with E-state index in [2.05, 4.69) is 57.6 Å². The van der Waals surface area contributed by atoms with Gasteiger partial charge in [-0.3, -0.25) is 0 Å². The summed E-state index contributed by atoms with van der Waals surface area (Å²) in [5.41, 5.74) is 8.50. The Morgan fingerprint density at radius 1 is 0.970 bits per heavy atom. The van der Waals surface area contributed by atoms with E-state index in [1.54, 1.807) is 6.20 Å². The van der Waals surface area contributed by atoms with Crippen LogP contribution in [0.2, 0.25) is 0 Å². The molecule has 4 rings (SSSR count). The van der Waals surface area contributed by atoms with Crippen LogP contribution < -0.4 is 16.0 Å². The maximum absolute atomic E-state index is 12.5. The Morgan fingerprint density at radius 2 is 1.67 bits per heavy atom. The molecule has 0 spiro atoms. The quantitative estimate of drug-likeness (QED) is 0.204. The van der Waals surface area contributed by atoms with E-state index in [1.807, 2.05) is 52.0 Å². The van der Waals surface area contributed by atoms with Gasteiger partial charge in [0.15, 0.2) is 0 Å². The number of benzene rings is 2. The van der Waals surface area contributed by atoms with Crippen LogP contribution in [0.1, 0.15) is 39.3 Å². The topological polar surface area (TPSA) is 98.9 Å². The third kappa shape index (κ3) is 5.02. The molecule has 7 heteroatoms. The molecule has 0 aliphatic carbocycles. The number of rotatable bonds is 6. The van der Waals surface area contributed by atoms with Crippen molar-refractivity contribution in [3.63, 3.8) is 0 Å². The normalized spacial score (nSPS) is 13.6. The summed E-state index contributed by atoms with van der Waals surface area (Å²) in [5.74, 6) is 6.28. The van der Waals surface area contributed by atoms with Gasteiger partial charge in [-0.25, -0.2) is 15.8 Å². The van der Waals surface area contributed by atoms with Crippen molar-refractivity contribution in [3.8, 4) is 22.4 Å². The van der Waals surface area contributed by atoms with Crippen molar-refractivity contribution >= 4 is 28.1 Å². The molecule has 2 aromatic carbocycles. The molecule has 0 aliphatic heterocycles. The van der Waals surface area contributed by atoms with Crippen molar-refractivity contribution in [1.29, 1.82) is 0 Å². The highest BCUT2D eigenvalue weighted by atomic mass is 32.2. The lowest BCUT2D eigenvalue weighted by Gasteiger charge is -2.26. The van der Waals surface area contributed by atoms with Gasteiger partial charge in [0.25, 0.3) is 0 Å². The molecule has 4 N–H and O–H groups in total. The Morgan fingerprint density at radius 3 is 2.30 bits per heavy atom. The smallest absolute Gasteiger partial charge is 0.149 e.